The lowest BCUT2D eigenvalue weighted by molar-refractivity contribution is 0.171. The lowest BCUT2D eigenvalue weighted by atomic mass is 10.0. The second kappa shape index (κ2) is 4.79. The van der Waals surface area contributed by atoms with Crippen LogP contribution in [-0.2, 0) is 12.8 Å². The van der Waals surface area contributed by atoms with Crippen molar-refractivity contribution < 1.29 is 9.47 Å². The van der Waals surface area contributed by atoms with Gasteiger partial charge in [0.15, 0.2) is 11.5 Å². The van der Waals surface area contributed by atoms with Crippen LogP contribution in [0.4, 0.5) is 0 Å². The third-order valence-electron chi connectivity index (χ3n) is 4.00. The zero-order valence-corrected chi connectivity index (χ0v) is 12.0. The van der Waals surface area contributed by atoms with Crippen molar-refractivity contribution in [3.8, 4) is 11.5 Å². The van der Waals surface area contributed by atoms with Gasteiger partial charge in [0, 0.05) is 9.75 Å². The Hall–Kier alpha value is -1.52. The van der Waals surface area contributed by atoms with Gasteiger partial charge in [-0.15, -0.1) is 11.3 Å². The fraction of sp³-hybridized carbons (Fsp3) is 0.375. The van der Waals surface area contributed by atoms with Crippen molar-refractivity contribution in [1.29, 1.82) is 0 Å². The molecule has 3 nitrogen and oxygen atoms in total. The van der Waals surface area contributed by atoms with E-state index < -0.39 is 0 Å². The molecule has 0 fully saturated rings. The fourth-order valence-electron chi connectivity index (χ4n) is 2.92. The molecule has 0 spiro atoms. The van der Waals surface area contributed by atoms with Gasteiger partial charge in [0.05, 0.1) is 6.04 Å². The first-order valence-electron chi connectivity index (χ1n) is 7.08. The van der Waals surface area contributed by atoms with Crippen molar-refractivity contribution in [2.24, 2.45) is 5.73 Å². The van der Waals surface area contributed by atoms with Crippen molar-refractivity contribution in [3.63, 3.8) is 0 Å². The topological polar surface area (TPSA) is 44.5 Å². The summed E-state index contributed by atoms with van der Waals surface area (Å²) in [7, 11) is 0. The Morgan fingerprint density at radius 1 is 1.05 bits per heavy atom. The summed E-state index contributed by atoms with van der Waals surface area (Å²) >= 11 is 1.87. The molecule has 2 heterocycles. The largest absolute Gasteiger partial charge is 0.486 e. The molecule has 2 N–H and O–H groups in total. The van der Waals surface area contributed by atoms with E-state index in [0.717, 1.165) is 17.1 Å². The lowest BCUT2D eigenvalue weighted by Gasteiger charge is -2.20. The predicted octanol–water partition coefficient (Wildman–Crippen LogP) is 3.06. The highest BCUT2D eigenvalue weighted by Gasteiger charge is 2.20. The molecule has 1 aromatic heterocycles. The van der Waals surface area contributed by atoms with Crippen LogP contribution >= 0.6 is 11.3 Å². The number of thiophene rings is 1. The molecule has 1 unspecified atom stereocenters. The van der Waals surface area contributed by atoms with E-state index in [4.69, 9.17) is 15.2 Å². The van der Waals surface area contributed by atoms with E-state index in [9.17, 15) is 0 Å². The van der Waals surface area contributed by atoms with Crippen LogP contribution in [0.3, 0.4) is 0 Å². The minimum Gasteiger partial charge on any atom is -0.486 e. The van der Waals surface area contributed by atoms with Crippen molar-refractivity contribution in [2.75, 3.05) is 13.2 Å². The van der Waals surface area contributed by atoms with Gasteiger partial charge in [0.2, 0.25) is 0 Å². The van der Waals surface area contributed by atoms with Crippen LogP contribution < -0.4 is 15.2 Å². The van der Waals surface area contributed by atoms with Crippen LogP contribution in [0.25, 0.3) is 0 Å². The van der Waals surface area contributed by atoms with Crippen molar-refractivity contribution in [3.05, 3.63) is 45.1 Å². The fourth-order valence-corrected chi connectivity index (χ4v) is 4.21. The second-order valence-corrected chi connectivity index (χ2v) is 6.50. The Balaban J connectivity index is 1.65. The molecule has 0 bridgehead atoms. The van der Waals surface area contributed by atoms with E-state index in [1.165, 1.54) is 34.6 Å². The average molecular weight is 287 g/mol. The molecule has 0 saturated heterocycles. The summed E-state index contributed by atoms with van der Waals surface area (Å²) in [5.74, 6) is 1.63. The molecule has 1 aromatic carbocycles. The molecule has 1 atom stereocenters. The molecule has 2 aliphatic rings. The Kier molecular flexibility index (Phi) is 2.93. The van der Waals surface area contributed by atoms with Gasteiger partial charge in [0.1, 0.15) is 13.2 Å². The van der Waals surface area contributed by atoms with Crippen molar-refractivity contribution in [2.45, 2.75) is 25.3 Å². The summed E-state index contributed by atoms with van der Waals surface area (Å²) in [5, 5.41) is 0. The van der Waals surface area contributed by atoms with Crippen LogP contribution in [0.2, 0.25) is 0 Å². The highest BCUT2D eigenvalue weighted by atomic mass is 32.1. The summed E-state index contributed by atoms with van der Waals surface area (Å²) in [4.78, 5) is 2.78. The molecule has 4 rings (SSSR count). The van der Waals surface area contributed by atoms with Gasteiger partial charge in [-0.1, -0.05) is 6.07 Å². The van der Waals surface area contributed by atoms with E-state index in [1.54, 1.807) is 0 Å². The highest BCUT2D eigenvalue weighted by Crippen LogP contribution is 2.38. The monoisotopic (exact) mass is 287 g/mol. The minimum absolute atomic E-state index is 0.0681. The first kappa shape index (κ1) is 12.2. The van der Waals surface area contributed by atoms with Crippen LogP contribution in [0.1, 0.15) is 33.3 Å². The van der Waals surface area contributed by atoms with E-state index in [-0.39, 0.29) is 6.04 Å². The van der Waals surface area contributed by atoms with Crippen molar-refractivity contribution >= 4 is 11.3 Å². The Morgan fingerprint density at radius 3 is 2.75 bits per heavy atom. The summed E-state index contributed by atoms with van der Waals surface area (Å²) in [6.45, 7) is 1.23. The Bertz CT molecular complexity index is 628. The second-order valence-electron chi connectivity index (χ2n) is 5.33. The Morgan fingerprint density at radius 2 is 1.90 bits per heavy atom. The number of rotatable bonds is 2. The number of hydrogen-bond acceptors (Lipinski definition) is 4. The maximum Gasteiger partial charge on any atom is 0.161 e. The maximum atomic E-state index is 6.42. The van der Waals surface area contributed by atoms with E-state index >= 15 is 0 Å². The number of hydrogen-bond donors (Lipinski definition) is 1. The normalized spacial score (nSPS) is 17.9. The summed E-state index contributed by atoms with van der Waals surface area (Å²) in [5.41, 5.74) is 9.01. The molecule has 0 radical (unpaired) electrons. The number of aryl methyl sites for hydroxylation is 2. The van der Waals surface area contributed by atoms with Gasteiger partial charge >= 0.3 is 0 Å². The molecule has 0 amide bonds. The number of fused-ring (bicyclic) bond motifs is 2. The number of benzene rings is 1. The molecule has 4 heteroatoms. The van der Waals surface area contributed by atoms with Crippen LogP contribution in [0.5, 0.6) is 11.5 Å². The summed E-state index contributed by atoms with van der Waals surface area (Å²) in [6, 6.07) is 8.24. The number of ether oxygens (including phenoxy) is 2. The highest BCUT2D eigenvalue weighted by molar-refractivity contribution is 7.12. The first-order valence-corrected chi connectivity index (χ1v) is 7.89. The summed E-state index contributed by atoms with van der Waals surface area (Å²) < 4.78 is 11.2. The van der Waals surface area contributed by atoms with Gasteiger partial charge in [-0.25, -0.2) is 0 Å². The molecule has 2 aromatic rings. The quantitative estimate of drug-likeness (QED) is 0.923. The molecule has 1 aliphatic heterocycles. The van der Waals surface area contributed by atoms with Crippen LogP contribution in [0.15, 0.2) is 24.3 Å². The predicted molar refractivity (Wildman–Crippen MR) is 79.8 cm³/mol. The van der Waals surface area contributed by atoms with Gasteiger partial charge in [0.25, 0.3) is 0 Å². The molecule has 1 aliphatic carbocycles. The molecule has 20 heavy (non-hydrogen) atoms. The van der Waals surface area contributed by atoms with Gasteiger partial charge in [-0.05, 0) is 48.6 Å². The molecular formula is C16H17NO2S. The molecular weight excluding hydrogens is 270 g/mol. The minimum atomic E-state index is -0.0681. The smallest absolute Gasteiger partial charge is 0.161 e. The van der Waals surface area contributed by atoms with E-state index in [0.29, 0.717) is 13.2 Å². The standard InChI is InChI=1S/C16H17NO2S/c17-16(15-9-10-2-1-3-14(10)20-15)11-4-5-12-13(8-11)19-7-6-18-12/h4-5,8-9,16H,1-3,6-7,17H2. The van der Waals surface area contributed by atoms with E-state index in [1.807, 2.05) is 29.5 Å². The molecule has 104 valence electrons. The third kappa shape index (κ3) is 2.00. The lowest BCUT2D eigenvalue weighted by Crippen LogP contribution is -2.16. The maximum absolute atomic E-state index is 6.42. The van der Waals surface area contributed by atoms with Gasteiger partial charge in [-0.2, -0.15) is 0 Å². The zero-order chi connectivity index (χ0) is 13.5. The van der Waals surface area contributed by atoms with Crippen LogP contribution in [-0.4, -0.2) is 13.2 Å². The molecule has 0 saturated carbocycles. The third-order valence-corrected chi connectivity index (χ3v) is 5.32. The van der Waals surface area contributed by atoms with E-state index in [2.05, 4.69) is 6.07 Å². The van der Waals surface area contributed by atoms with Gasteiger partial charge < -0.3 is 15.2 Å². The van der Waals surface area contributed by atoms with Crippen molar-refractivity contribution in [1.82, 2.24) is 0 Å². The Labute approximate surface area is 122 Å². The van der Waals surface area contributed by atoms with Gasteiger partial charge in [-0.3, -0.25) is 0 Å². The average Bonchev–Trinajstić information content (AvgIpc) is 3.07. The zero-order valence-electron chi connectivity index (χ0n) is 11.2. The SMILES string of the molecule is NC(c1ccc2c(c1)OCCO2)c1cc2c(s1)CCC2. The first-order chi connectivity index (χ1) is 9.81. The summed E-state index contributed by atoms with van der Waals surface area (Å²) in [6.07, 6.45) is 3.72. The number of nitrogens with two attached hydrogens (primary N) is 1. The van der Waals surface area contributed by atoms with Crippen LogP contribution in [0, 0.1) is 0 Å².